The van der Waals surface area contributed by atoms with Crippen LogP contribution >= 0.6 is 0 Å². The van der Waals surface area contributed by atoms with E-state index in [4.69, 9.17) is 0 Å². The highest BCUT2D eigenvalue weighted by atomic mass is 16.4. The molecular weight excluding hydrogens is 216 g/mol. The predicted molar refractivity (Wildman–Crippen MR) is 67.0 cm³/mol. The standard InChI is InChI=1S/C13H24N2O2/c1-10-5-8-15(9-6-10)12(13(16)17)4-7-14-11-2-3-11/h10-12,14H,2-9H2,1H3,(H,16,17). The lowest BCUT2D eigenvalue weighted by atomic mass is 9.97. The van der Waals surface area contributed by atoms with Crippen LogP contribution in [0.4, 0.5) is 0 Å². The number of hydrogen-bond acceptors (Lipinski definition) is 3. The fraction of sp³-hybridized carbons (Fsp3) is 0.923. The van der Waals surface area contributed by atoms with Crippen molar-refractivity contribution in [2.75, 3.05) is 19.6 Å². The molecule has 1 heterocycles. The molecule has 1 saturated carbocycles. The molecule has 2 aliphatic rings. The van der Waals surface area contributed by atoms with Crippen molar-refractivity contribution in [3.8, 4) is 0 Å². The molecule has 2 fully saturated rings. The summed E-state index contributed by atoms with van der Waals surface area (Å²) in [6, 6.07) is 0.388. The van der Waals surface area contributed by atoms with E-state index in [0.717, 1.165) is 44.8 Å². The first-order valence-corrected chi connectivity index (χ1v) is 6.87. The van der Waals surface area contributed by atoms with E-state index in [2.05, 4.69) is 17.1 Å². The minimum atomic E-state index is -0.655. The van der Waals surface area contributed by atoms with Gasteiger partial charge in [-0.1, -0.05) is 6.92 Å². The number of piperidine rings is 1. The van der Waals surface area contributed by atoms with Gasteiger partial charge in [-0.3, -0.25) is 9.69 Å². The van der Waals surface area contributed by atoms with E-state index in [0.29, 0.717) is 6.04 Å². The highest BCUT2D eigenvalue weighted by Crippen LogP contribution is 2.21. The Balaban J connectivity index is 1.76. The normalized spacial score (nSPS) is 24.8. The molecule has 0 spiro atoms. The van der Waals surface area contributed by atoms with E-state index in [1.54, 1.807) is 0 Å². The van der Waals surface area contributed by atoms with Crippen LogP contribution in [0.5, 0.6) is 0 Å². The summed E-state index contributed by atoms with van der Waals surface area (Å²) in [4.78, 5) is 13.5. The van der Waals surface area contributed by atoms with Crippen molar-refractivity contribution in [2.45, 2.75) is 51.1 Å². The van der Waals surface area contributed by atoms with Crippen LogP contribution in [0.15, 0.2) is 0 Å². The molecule has 1 unspecified atom stereocenters. The summed E-state index contributed by atoms with van der Waals surface area (Å²) in [6.07, 6.45) is 5.54. The molecule has 4 heteroatoms. The average Bonchev–Trinajstić information content (AvgIpc) is 3.09. The Hall–Kier alpha value is -0.610. The molecule has 0 aromatic heterocycles. The minimum Gasteiger partial charge on any atom is -0.480 e. The van der Waals surface area contributed by atoms with Crippen LogP contribution in [0.2, 0.25) is 0 Å². The molecule has 98 valence electrons. The van der Waals surface area contributed by atoms with Crippen molar-refractivity contribution in [3.05, 3.63) is 0 Å². The van der Waals surface area contributed by atoms with Gasteiger partial charge >= 0.3 is 5.97 Å². The lowest BCUT2D eigenvalue weighted by Gasteiger charge is -2.34. The lowest BCUT2D eigenvalue weighted by Crippen LogP contribution is -2.46. The second-order valence-corrected chi connectivity index (χ2v) is 5.59. The third kappa shape index (κ3) is 3.96. The summed E-state index contributed by atoms with van der Waals surface area (Å²) in [5, 5.41) is 12.7. The topological polar surface area (TPSA) is 52.6 Å². The summed E-state index contributed by atoms with van der Waals surface area (Å²) < 4.78 is 0. The van der Waals surface area contributed by atoms with Gasteiger partial charge in [0.1, 0.15) is 6.04 Å². The first-order chi connectivity index (χ1) is 8.16. The van der Waals surface area contributed by atoms with Crippen molar-refractivity contribution in [3.63, 3.8) is 0 Å². The Kier molecular flexibility index (Phi) is 4.40. The van der Waals surface area contributed by atoms with E-state index in [1.165, 1.54) is 12.8 Å². The summed E-state index contributed by atoms with van der Waals surface area (Å²) in [5.41, 5.74) is 0. The average molecular weight is 240 g/mol. The predicted octanol–water partition coefficient (Wildman–Crippen LogP) is 1.31. The molecule has 0 radical (unpaired) electrons. The number of carbonyl (C=O) groups is 1. The van der Waals surface area contributed by atoms with Crippen LogP contribution < -0.4 is 5.32 Å². The molecule has 1 atom stereocenters. The Bertz CT molecular complexity index is 258. The number of carboxylic acid groups (broad SMARTS) is 1. The van der Waals surface area contributed by atoms with Crippen LogP contribution in [-0.4, -0.2) is 47.7 Å². The largest absolute Gasteiger partial charge is 0.480 e. The molecule has 4 nitrogen and oxygen atoms in total. The summed E-state index contributed by atoms with van der Waals surface area (Å²) in [5.74, 6) is 0.0995. The maximum atomic E-state index is 11.3. The van der Waals surface area contributed by atoms with Crippen LogP contribution in [0.3, 0.4) is 0 Å². The molecule has 2 rings (SSSR count). The van der Waals surface area contributed by atoms with Gasteiger partial charge in [0.2, 0.25) is 0 Å². The molecule has 0 aromatic carbocycles. The maximum absolute atomic E-state index is 11.3. The highest BCUT2D eigenvalue weighted by Gasteiger charge is 2.29. The quantitative estimate of drug-likeness (QED) is 0.735. The van der Waals surface area contributed by atoms with E-state index in [-0.39, 0.29) is 6.04 Å². The summed E-state index contributed by atoms with van der Waals surface area (Å²) >= 11 is 0. The number of nitrogens with zero attached hydrogens (tertiary/aromatic N) is 1. The Morgan fingerprint density at radius 1 is 1.35 bits per heavy atom. The number of likely N-dealkylation sites (tertiary alicyclic amines) is 1. The zero-order valence-electron chi connectivity index (χ0n) is 10.7. The molecular formula is C13H24N2O2. The zero-order valence-corrected chi connectivity index (χ0v) is 10.7. The van der Waals surface area contributed by atoms with Gasteiger partial charge in [0.05, 0.1) is 0 Å². The van der Waals surface area contributed by atoms with Crippen LogP contribution in [0.25, 0.3) is 0 Å². The van der Waals surface area contributed by atoms with E-state index in [9.17, 15) is 9.90 Å². The number of nitrogens with one attached hydrogen (secondary N) is 1. The number of hydrogen-bond donors (Lipinski definition) is 2. The van der Waals surface area contributed by atoms with Crippen molar-refractivity contribution >= 4 is 5.97 Å². The Morgan fingerprint density at radius 3 is 2.53 bits per heavy atom. The van der Waals surface area contributed by atoms with Crippen molar-refractivity contribution in [1.82, 2.24) is 10.2 Å². The molecule has 1 aliphatic carbocycles. The van der Waals surface area contributed by atoms with Gasteiger partial charge in [-0.15, -0.1) is 0 Å². The van der Waals surface area contributed by atoms with E-state index in [1.807, 2.05) is 0 Å². The van der Waals surface area contributed by atoms with Crippen LogP contribution in [-0.2, 0) is 4.79 Å². The number of carboxylic acids is 1. The SMILES string of the molecule is CC1CCN(C(CCNC2CC2)C(=O)O)CC1. The second kappa shape index (κ2) is 5.83. The fourth-order valence-electron chi connectivity index (χ4n) is 2.51. The monoisotopic (exact) mass is 240 g/mol. The molecule has 0 bridgehead atoms. The van der Waals surface area contributed by atoms with Gasteiger partial charge in [-0.25, -0.2) is 0 Å². The van der Waals surface area contributed by atoms with Crippen molar-refractivity contribution in [1.29, 1.82) is 0 Å². The molecule has 0 amide bonds. The van der Waals surface area contributed by atoms with Crippen molar-refractivity contribution < 1.29 is 9.90 Å². The lowest BCUT2D eigenvalue weighted by molar-refractivity contribution is -0.144. The molecule has 1 saturated heterocycles. The van der Waals surface area contributed by atoms with E-state index >= 15 is 0 Å². The maximum Gasteiger partial charge on any atom is 0.320 e. The third-order valence-corrected chi connectivity index (χ3v) is 3.97. The molecule has 2 N–H and O–H groups in total. The molecule has 17 heavy (non-hydrogen) atoms. The Morgan fingerprint density at radius 2 is 2.00 bits per heavy atom. The van der Waals surface area contributed by atoms with Gasteiger partial charge in [0, 0.05) is 6.04 Å². The minimum absolute atomic E-state index is 0.284. The van der Waals surface area contributed by atoms with Gasteiger partial charge in [0.25, 0.3) is 0 Å². The first-order valence-electron chi connectivity index (χ1n) is 6.87. The van der Waals surface area contributed by atoms with Gasteiger partial charge < -0.3 is 10.4 Å². The molecule has 0 aromatic rings. The first kappa shape index (κ1) is 12.8. The third-order valence-electron chi connectivity index (χ3n) is 3.97. The molecule has 1 aliphatic heterocycles. The van der Waals surface area contributed by atoms with Gasteiger partial charge in [-0.2, -0.15) is 0 Å². The summed E-state index contributed by atoms with van der Waals surface area (Å²) in [6.45, 7) is 4.98. The smallest absolute Gasteiger partial charge is 0.320 e. The van der Waals surface area contributed by atoms with E-state index < -0.39 is 5.97 Å². The number of aliphatic carboxylic acids is 1. The second-order valence-electron chi connectivity index (χ2n) is 5.59. The van der Waals surface area contributed by atoms with Crippen LogP contribution in [0.1, 0.15) is 39.0 Å². The van der Waals surface area contributed by atoms with Gasteiger partial charge in [0.15, 0.2) is 0 Å². The number of rotatable bonds is 6. The highest BCUT2D eigenvalue weighted by molar-refractivity contribution is 5.73. The van der Waals surface area contributed by atoms with Gasteiger partial charge in [-0.05, 0) is 57.7 Å². The van der Waals surface area contributed by atoms with Crippen molar-refractivity contribution in [2.24, 2.45) is 5.92 Å². The summed E-state index contributed by atoms with van der Waals surface area (Å²) in [7, 11) is 0. The van der Waals surface area contributed by atoms with Crippen LogP contribution in [0, 0.1) is 5.92 Å². The Labute approximate surface area is 103 Å². The zero-order chi connectivity index (χ0) is 12.3. The fourth-order valence-corrected chi connectivity index (χ4v) is 2.51.